The third-order valence-electron chi connectivity index (χ3n) is 4.67. The molecule has 0 fully saturated rings. The first kappa shape index (κ1) is 15.6. The van der Waals surface area contributed by atoms with Gasteiger partial charge in [-0.2, -0.15) is 5.10 Å². The minimum absolute atomic E-state index is 0.860. The lowest BCUT2D eigenvalue weighted by Gasteiger charge is -2.22. The number of rotatable bonds is 3. The minimum Gasteiger partial charge on any atom is -0.356 e. The van der Waals surface area contributed by atoms with Crippen molar-refractivity contribution in [3.05, 3.63) is 46.8 Å². The molecule has 0 atom stereocenters. The van der Waals surface area contributed by atoms with Gasteiger partial charge in [0.25, 0.3) is 0 Å². The van der Waals surface area contributed by atoms with E-state index in [4.69, 9.17) is 0 Å². The van der Waals surface area contributed by atoms with E-state index in [1.54, 1.807) is 0 Å². The van der Waals surface area contributed by atoms with Crippen LogP contribution in [0, 0.1) is 13.8 Å². The largest absolute Gasteiger partial charge is 0.356 e. The molecule has 1 N–H and O–H groups in total. The summed E-state index contributed by atoms with van der Waals surface area (Å²) in [7, 11) is 3.85. The molecule has 1 aliphatic rings. The summed E-state index contributed by atoms with van der Waals surface area (Å²) in [5, 5.41) is 7.99. The van der Waals surface area contributed by atoms with E-state index < -0.39 is 0 Å². The summed E-state index contributed by atoms with van der Waals surface area (Å²) in [6, 6.07) is 8.56. The lowest BCUT2D eigenvalue weighted by atomic mass is 10.1. The van der Waals surface area contributed by atoms with E-state index in [0.29, 0.717) is 0 Å². The fourth-order valence-electron chi connectivity index (χ4n) is 3.33. The Labute approximate surface area is 138 Å². The maximum absolute atomic E-state index is 4.48. The van der Waals surface area contributed by atoms with E-state index in [-0.39, 0.29) is 0 Å². The molecular weight excluding hydrogens is 286 g/mol. The van der Waals surface area contributed by atoms with E-state index in [2.05, 4.69) is 58.4 Å². The van der Waals surface area contributed by atoms with Gasteiger partial charge in [0.05, 0.1) is 5.69 Å². The van der Waals surface area contributed by atoms with Crippen LogP contribution in [-0.2, 0) is 19.9 Å². The number of hydrogen-bond donors (Lipinski definition) is 1. The normalized spacial score (nSPS) is 14.3. The van der Waals surface area contributed by atoms with Crippen LogP contribution in [0.2, 0.25) is 0 Å². The second kappa shape index (κ2) is 6.44. The average molecular weight is 311 g/mol. The molecule has 2 aromatic rings. The van der Waals surface area contributed by atoms with E-state index in [0.717, 1.165) is 37.6 Å². The summed E-state index contributed by atoms with van der Waals surface area (Å²) in [4.78, 5) is 6.74. The van der Waals surface area contributed by atoms with Gasteiger partial charge in [0, 0.05) is 38.6 Å². The second-order valence-electron chi connectivity index (χ2n) is 6.03. The Kier molecular flexibility index (Phi) is 4.37. The molecule has 1 aromatic carbocycles. The van der Waals surface area contributed by atoms with Crippen molar-refractivity contribution in [1.29, 1.82) is 0 Å². The second-order valence-corrected chi connectivity index (χ2v) is 6.03. The van der Waals surface area contributed by atoms with Crippen molar-refractivity contribution >= 4 is 11.6 Å². The molecule has 0 amide bonds. The Morgan fingerprint density at radius 2 is 2.09 bits per heavy atom. The van der Waals surface area contributed by atoms with Crippen molar-refractivity contribution in [2.75, 3.05) is 25.0 Å². The molecule has 0 saturated carbocycles. The molecule has 122 valence electrons. The first-order valence-corrected chi connectivity index (χ1v) is 8.17. The number of hydrogen-bond acceptors (Lipinski definition) is 2. The highest BCUT2D eigenvalue weighted by Gasteiger charge is 2.22. The van der Waals surface area contributed by atoms with Gasteiger partial charge < -0.3 is 10.2 Å². The highest BCUT2D eigenvalue weighted by molar-refractivity contribution is 5.97. The number of nitrogens with one attached hydrogen (secondary N) is 1. The van der Waals surface area contributed by atoms with Gasteiger partial charge >= 0.3 is 0 Å². The van der Waals surface area contributed by atoms with Crippen LogP contribution >= 0.6 is 0 Å². The van der Waals surface area contributed by atoms with Gasteiger partial charge in [-0.05, 0) is 43.9 Å². The Hall–Kier alpha value is -2.30. The standard InChI is InChI=1S/C18H25N5/c1-13-16(14(2)22(4)21-13)9-11-20-18(19-3)23-12-10-15-7-5-6-8-17(15)23/h5-8H,9-12H2,1-4H3,(H,19,20). The molecule has 0 aliphatic carbocycles. The topological polar surface area (TPSA) is 45.5 Å². The Morgan fingerprint density at radius 1 is 1.30 bits per heavy atom. The summed E-state index contributed by atoms with van der Waals surface area (Å²) >= 11 is 0. The van der Waals surface area contributed by atoms with Crippen LogP contribution in [0.5, 0.6) is 0 Å². The predicted octanol–water partition coefficient (Wildman–Crippen LogP) is 2.22. The fraction of sp³-hybridized carbons (Fsp3) is 0.444. The molecule has 5 nitrogen and oxygen atoms in total. The summed E-state index contributed by atoms with van der Waals surface area (Å²) in [5.74, 6) is 0.953. The van der Waals surface area contributed by atoms with Gasteiger partial charge in [-0.15, -0.1) is 0 Å². The maximum Gasteiger partial charge on any atom is 0.198 e. The van der Waals surface area contributed by atoms with Crippen molar-refractivity contribution in [2.45, 2.75) is 26.7 Å². The molecule has 2 heterocycles. The summed E-state index contributed by atoms with van der Waals surface area (Å²) < 4.78 is 1.95. The van der Waals surface area contributed by atoms with Crippen LogP contribution < -0.4 is 10.2 Å². The molecule has 1 aliphatic heterocycles. The van der Waals surface area contributed by atoms with E-state index >= 15 is 0 Å². The smallest absolute Gasteiger partial charge is 0.198 e. The van der Waals surface area contributed by atoms with Crippen molar-refractivity contribution in [3.63, 3.8) is 0 Å². The van der Waals surface area contributed by atoms with Gasteiger partial charge in [-0.25, -0.2) is 0 Å². The molecule has 0 bridgehead atoms. The van der Waals surface area contributed by atoms with Crippen molar-refractivity contribution < 1.29 is 0 Å². The van der Waals surface area contributed by atoms with E-state index in [1.165, 1.54) is 22.5 Å². The quantitative estimate of drug-likeness (QED) is 0.698. The van der Waals surface area contributed by atoms with Crippen LogP contribution in [0.3, 0.4) is 0 Å². The van der Waals surface area contributed by atoms with Crippen molar-refractivity contribution in [2.24, 2.45) is 12.0 Å². The molecular formula is C18H25N5. The number of nitrogens with zero attached hydrogens (tertiary/aromatic N) is 4. The third kappa shape index (κ3) is 2.96. The van der Waals surface area contributed by atoms with Crippen LogP contribution in [0.1, 0.15) is 22.5 Å². The van der Waals surface area contributed by atoms with E-state index in [9.17, 15) is 0 Å². The molecule has 0 spiro atoms. The Morgan fingerprint density at radius 3 is 2.78 bits per heavy atom. The van der Waals surface area contributed by atoms with Crippen LogP contribution in [-0.4, -0.2) is 35.9 Å². The number of anilines is 1. The zero-order valence-electron chi connectivity index (χ0n) is 14.4. The maximum atomic E-state index is 4.48. The van der Waals surface area contributed by atoms with Gasteiger partial charge in [0.15, 0.2) is 5.96 Å². The van der Waals surface area contributed by atoms with Crippen molar-refractivity contribution in [1.82, 2.24) is 15.1 Å². The van der Waals surface area contributed by atoms with Crippen molar-refractivity contribution in [3.8, 4) is 0 Å². The highest BCUT2D eigenvalue weighted by atomic mass is 15.3. The number of fused-ring (bicyclic) bond motifs is 1. The van der Waals surface area contributed by atoms with Crippen LogP contribution in [0.15, 0.2) is 29.3 Å². The van der Waals surface area contributed by atoms with Crippen LogP contribution in [0.4, 0.5) is 5.69 Å². The van der Waals surface area contributed by atoms with Gasteiger partial charge in [0.1, 0.15) is 0 Å². The van der Waals surface area contributed by atoms with Crippen LogP contribution in [0.25, 0.3) is 0 Å². The fourth-order valence-corrected chi connectivity index (χ4v) is 3.33. The zero-order chi connectivity index (χ0) is 16.4. The summed E-state index contributed by atoms with van der Waals surface area (Å²) in [5.41, 5.74) is 6.36. The first-order valence-electron chi connectivity index (χ1n) is 8.17. The lowest BCUT2D eigenvalue weighted by molar-refractivity contribution is 0.729. The molecule has 1 aromatic heterocycles. The van der Waals surface area contributed by atoms with E-state index in [1.807, 2.05) is 18.8 Å². The number of aromatic nitrogens is 2. The monoisotopic (exact) mass is 311 g/mol. The summed E-state index contributed by atoms with van der Waals surface area (Å²) in [6.07, 6.45) is 2.04. The Bertz CT molecular complexity index is 729. The Balaban J connectivity index is 1.66. The minimum atomic E-state index is 0.860. The number of guanidine groups is 1. The van der Waals surface area contributed by atoms with Gasteiger partial charge in [-0.3, -0.25) is 9.67 Å². The van der Waals surface area contributed by atoms with Gasteiger partial charge in [-0.1, -0.05) is 18.2 Å². The average Bonchev–Trinajstić information content (AvgIpc) is 3.07. The molecule has 23 heavy (non-hydrogen) atoms. The number of aryl methyl sites for hydroxylation is 2. The number of benzene rings is 1. The summed E-state index contributed by atoms with van der Waals surface area (Å²) in [6.45, 7) is 6.05. The lowest BCUT2D eigenvalue weighted by Crippen LogP contribution is -2.41. The first-order chi connectivity index (χ1) is 11.1. The molecule has 5 heteroatoms. The predicted molar refractivity (Wildman–Crippen MR) is 95.2 cm³/mol. The molecule has 3 rings (SSSR count). The molecule has 0 radical (unpaired) electrons. The SMILES string of the molecule is CN=C(NCCc1c(C)nn(C)c1C)N1CCc2ccccc21. The molecule has 0 saturated heterocycles. The number of aliphatic imine (C=N–C) groups is 1. The zero-order valence-corrected chi connectivity index (χ0v) is 14.4. The molecule has 0 unspecified atom stereocenters. The highest BCUT2D eigenvalue weighted by Crippen LogP contribution is 2.27. The van der Waals surface area contributed by atoms with Gasteiger partial charge in [0.2, 0.25) is 0 Å². The third-order valence-corrected chi connectivity index (χ3v) is 4.67. The number of para-hydroxylation sites is 1.